The summed E-state index contributed by atoms with van der Waals surface area (Å²) < 4.78 is 4.60. The summed E-state index contributed by atoms with van der Waals surface area (Å²) in [6, 6.07) is 1.85. The molecule has 94 valence electrons. The van der Waals surface area contributed by atoms with E-state index in [1.165, 1.54) is 7.11 Å². The first-order valence-corrected chi connectivity index (χ1v) is 6.71. The topological polar surface area (TPSA) is 52.1 Å². The third-order valence-corrected chi connectivity index (χ3v) is 3.75. The lowest BCUT2D eigenvalue weighted by Crippen LogP contribution is -2.09. The molecule has 1 atom stereocenters. The molecular formula is C11H15ClN2O2S. The molecule has 1 unspecified atom stereocenters. The van der Waals surface area contributed by atoms with Crippen LogP contribution in [0.4, 0.5) is 0 Å². The number of halogens is 1. The SMILES string of the molecule is COC(=O)c1nc(C)cc(SCC(C)CCl)n1. The monoisotopic (exact) mass is 274 g/mol. The lowest BCUT2D eigenvalue weighted by atomic mass is 10.3. The van der Waals surface area contributed by atoms with Crippen molar-refractivity contribution in [2.45, 2.75) is 18.9 Å². The summed E-state index contributed by atoms with van der Waals surface area (Å²) in [5.41, 5.74) is 0.751. The van der Waals surface area contributed by atoms with E-state index in [2.05, 4.69) is 21.6 Å². The zero-order valence-electron chi connectivity index (χ0n) is 10.1. The van der Waals surface area contributed by atoms with Crippen LogP contribution in [0.25, 0.3) is 0 Å². The van der Waals surface area contributed by atoms with E-state index in [0.717, 1.165) is 16.5 Å². The van der Waals surface area contributed by atoms with Crippen molar-refractivity contribution in [3.8, 4) is 0 Å². The van der Waals surface area contributed by atoms with Crippen molar-refractivity contribution in [1.29, 1.82) is 0 Å². The zero-order chi connectivity index (χ0) is 12.8. The Morgan fingerprint density at radius 2 is 2.29 bits per heavy atom. The Balaban J connectivity index is 2.79. The van der Waals surface area contributed by atoms with Crippen molar-refractivity contribution < 1.29 is 9.53 Å². The van der Waals surface area contributed by atoms with Crippen LogP contribution in [0, 0.1) is 12.8 Å². The van der Waals surface area contributed by atoms with Gasteiger partial charge in [0.05, 0.1) is 7.11 Å². The number of aryl methyl sites for hydroxylation is 1. The Labute approximate surface area is 110 Å². The molecule has 0 aromatic carbocycles. The van der Waals surface area contributed by atoms with Crippen LogP contribution in [0.5, 0.6) is 0 Å². The van der Waals surface area contributed by atoms with Gasteiger partial charge in [-0.25, -0.2) is 14.8 Å². The summed E-state index contributed by atoms with van der Waals surface area (Å²) in [6.45, 7) is 3.89. The van der Waals surface area contributed by atoms with Crippen LogP contribution >= 0.6 is 23.4 Å². The van der Waals surface area contributed by atoms with E-state index in [9.17, 15) is 4.79 Å². The standard InChI is InChI=1S/C11H15ClN2O2S/c1-7(5-12)6-17-9-4-8(2)13-10(14-9)11(15)16-3/h4,7H,5-6H2,1-3H3. The fourth-order valence-electron chi connectivity index (χ4n) is 1.07. The van der Waals surface area contributed by atoms with E-state index in [1.54, 1.807) is 11.8 Å². The molecule has 0 bridgehead atoms. The molecule has 0 aliphatic carbocycles. The predicted molar refractivity (Wildman–Crippen MR) is 68.7 cm³/mol. The van der Waals surface area contributed by atoms with Gasteiger partial charge >= 0.3 is 5.97 Å². The Morgan fingerprint density at radius 1 is 1.59 bits per heavy atom. The number of aromatic nitrogens is 2. The maximum Gasteiger partial charge on any atom is 0.376 e. The minimum atomic E-state index is -0.513. The second kappa shape index (κ2) is 6.81. The van der Waals surface area contributed by atoms with Gasteiger partial charge in [-0.2, -0.15) is 0 Å². The lowest BCUT2D eigenvalue weighted by Gasteiger charge is -2.07. The van der Waals surface area contributed by atoms with Gasteiger partial charge in [0, 0.05) is 17.3 Å². The Morgan fingerprint density at radius 3 is 2.88 bits per heavy atom. The molecule has 0 saturated carbocycles. The number of rotatable bonds is 5. The highest BCUT2D eigenvalue weighted by atomic mass is 35.5. The second-order valence-electron chi connectivity index (χ2n) is 3.73. The number of carbonyl (C=O) groups is 1. The first-order chi connectivity index (χ1) is 8.06. The third kappa shape index (κ3) is 4.52. The molecule has 0 radical (unpaired) electrons. The van der Waals surface area contributed by atoms with Gasteiger partial charge in [0.15, 0.2) is 0 Å². The molecule has 0 amide bonds. The number of alkyl halides is 1. The van der Waals surface area contributed by atoms with Gasteiger partial charge in [-0.15, -0.1) is 23.4 Å². The molecular weight excluding hydrogens is 260 g/mol. The lowest BCUT2D eigenvalue weighted by molar-refractivity contribution is 0.0585. The molecule has 6 heteroatoms. The first-order valence-electron chi connectivity index (χ1n) is 5.19. The number of methoxy groups -OCH3 is 1. The quantitative estimate of drug-likeness (QED) is 0.357. The molecule has 1 aromatic heterocycles. The van der Waals surface area contributed by atoms with Crippen molar-refractivity contribution in [3.63, 3.8) is 0 Å². The fourth-order valence-corrected chi connectivity index (χ4v) is 2.28. The number of nitrogens with zero attached hydrogens (tertiary/aromatic N) is 2. The fraction of sp³-hybridized carbons (Fsp3) is 0.545. The van der Waals surface area contributed by atoms with Gasteiger partial charge in [0.1, 0.15) is 5.03 Å². The highest BCUT2D eigenvalue weighted by Gasteiger charge is 2.12. The van der Waals surface area contributed by atoms with Crippen molar-refractivity contribution in [3.05, 3.63) is 17.6 Å². The van der Waals surface area contributed by atoms with Crippen molar-refractivity contribution >= 4 is 29.3 Å². The number of thioether (sulfide) groups is 1. The smallest absolute Gasteiger partial charge is 0.376 e. The van der Waals surface area contributed by atoms with Crippen LogP contribution in [0.2, 0.25) is 0 Å². The number of carbonyl (C=O) groups excluding carboxylic acids is 1. The van der Waals surface area contributed by atoms with Crippen LogP contribution in [-0.4, -0.2) is 34.7 Å². The van der Waals surface area contributed by atoms with Crippen LogP contribution in [0.15, 0.2) is 11.1 Å². The summed E-state index contributed by atoms with van der Waals surface area (Å²) in [5.74, 6) is 1.47. The molecule has 0 aliphatic heterocycles. The van der Waals surface area contributed by atoms with E-state index in [1.807, 2.05) is 13.0 Å². The second-order valence-corrected chi connectivity index (χ2v) is 5.08. The largest absolute Gasteiger partial charge is 0.463 e. The van der Waals surface area contributed by atoms with E-state index < -0.39 is 5.97 Å². The Kier molecular flexibility index (Phi) is 5.71. The maximum atomic E-state index is 11.3. The van der Waals surface area contributed by atoms with Crippen molar-refractivity contribution in [2.24, 2.45) is 5.92 Å². The van der Waals surface area contributed by atoms with Gasteiger partial charge in [0.25, 0.3) is 0 Å². The van der Waals surface area contributed by atoms with E-state index in [0.29, 0.717) is 11.8 Å². The van der Waals surface area contributed by atoms with E-state index in [-0.39, 0.29) is 5.82 Å². The van der Waals surface area contributed by atoms with Crippen LogP contribution < -0.4 is 0 Å². The van der Waals surface area contributed by atoms with Crippen LogP contribution in [0.1, 0.15) is 23.2 Å². The molecule has 17 heavy (non-hydrogen) atoms. The summed E-state index contributed by atoms with van der Waals surface area (Å²) in [5, 5.41) is 0.773. The molecule has 0 aliphatic rings. The molecule has 0 spiro atoms. The summed E-state index contributed by atoms with van der Waals surface area (Å²) in [4.78, 5) is 19.5. The molecule has 0 N–H and O–H groups in total. The van der Waals surface area contributed by atoms with Gasteiger partial charge < -0.3 is 4.74 Å². The Hall–Kier alpha value is -0.810. The van der Waals surface area contributed by atoms with Gasteiger partial charge in [-0.1, -0.05) is 6.92 Å². The van der Waals surface area contributed by atoms with Crippen molar-refractivity contribution in [2.75, 3.05) is 18.7 Å². The molecule has 1 heterocycles. The van der Waals surface area contributed by atoms with Gasteiger partial charge in [0.2, 0.25) is 5.82 Å². The summed E-state index contributed by atoms with van der Waals surface area (Å²) >= 11 is 7.30. The molecule has 1 rings (SSSR count). The normalized spacial score (nSPS) is 12.2. The minimum Gasteiger partial charge on any atom is -0.463 e. The van der Waals surface area contributed by atoms with Crippen LogP contribution in [-0.2, 0) is 4.74 Å². The molecule has 1 aromatic rings. The number of ether oxygens (including phenoxy) is 1. The number of esters is 1. The predicted octanol–water partition coefficient (Wildman–Crippen LogP) is 2.54. The van der Waals surface area contributed by atoms with Crippen LogP contribution in [0.3, 0.4) is 0 Å². The molecule has 4 nitrogen and oxygen atoms in total. The highest BCUT2D eigenvalue weighted by molar-refractivity contribution is 7.99. The minimum absolute atomic E-state index is 0.105. The van der Waals surface area contributed by atoms with Crippen molar-refractivity contribution in [1.82, 2.24) is 9.97 Å². The van der Waals surface area contributed by atoms with E-state index in [4.69, 9.17) is 11.6 Å². The zero-order valence-corrected chi connectivity index (χ0v) is 11.6. The summed E-state index contributed by atoms with van der Waals surface area (Å²) in [7, 11) is 1.32. The number of hydrogen-bond donors (Lipinski definition) is 0. The average molecular weight is 275 g/mol. The summed E-state index contributed by atoms with van der Waals surface area (Å²) in [6.07, 6.45) is 0. The molecule has 0 fully saturated rings. The van der Waals surface area contributed by atoms with Gasteiger partial charge in [-0.3, -0.25) is 0 Å². The number of hydrogen-bond acceptors (Lipinski definition) is 5. The highest BCUT2D eigenvalue weighted by Crippen LogP contribution is 2.20. The third-order valence-electron chi connectivity index (χ3n) is 1.98. The van der Waals surface area contributed by atoms with E-state index >= 15 is 0 Å². The average Bonchev–Trinajstić information content (AvgIpc) is 2.34. The Bertz CT molecular complexity index is 401. The van der Waals surface area contributed by atoms with Gasteiger partial charge in [-0.05, 0) is 18.9 Å². The molecule has 0 saturated heterocycles. The maximum absolute atomic E-state index is 11.3. The first kappa shape index (κ1) is 14.3.